The van der Waals surface area contributed by atoms with Crippen molar-refractivity contribution in [3.05, 3.63) is 59.7 Å². The Bertz CT molecular complexity index is 758. The van der Waals surface area contributed by atoms with Crippen LogP contribution in [0, 0.1) is 0 Å². The minimum atomic E-state index is -0.0621. The number of benzene rings is 2. The van der Waals surface area contributed by atoms with E-state index in [9.17, 15) is 4.79 Å². The van der Waals surface area contributed by atoms with Gasteiger partial charge in [-0.15, -0.1) is 0 Å². The SMILES string of the molecule is CCOc1cc(CNCc2ccccc2)ccc1OCC(=O)NC1CCCCC1. The molecule has 1 aliphatic carbocycles. The van der Waals surface area contributed by atoms with Gasteiger partial charge in [0.1, 0.15) is 0 Å². The Kier molecular flexibility index (Phi) is 8.38. The van der Waals surface area contributed by atoms with Crippen molar-refractivity contribution in [2.45, 2.75) is 58.2 Å². The molecule has 0 bridgehead atoms. The Balaban J connectivity index is 1.50. The molecule has 1 fully saturated rings. The van der Waals surface area contributed by atoms with Crippen LogP contribution in [0.15, 0.2) is 48.5 Å². The Morgan fingerprint density at radius 1 is 0.931 bits per heavy atom. The number of ether oxygens (including phenoxy) is 2. The van der Waals surface area contributed by atoms with Gasteiger partial charge < -0.3 is 20.1 Å². The topological polar surface area (TPSA) is 59.6 Å². The zero-order chi connectivity index (χ0) is 20.3. The van der Waals surface area contributed by atoms with Gasteiger partial charge in [-0.3, -0.25) is 4.79 Å². The van der Waals surface area contributed by atoms with Crippen LogP contribution in [0.3, 0.4) is 0 Å². The summed E-state index contributed by atoms with van der Waals surface area (Å²) in [5.41, 5.74) is 2.37. The van der Waals surface area contributed by atoms with E-state index in [0.29, 0.717) is 24.1 Å². The van der Waals surface area contributed by atoms with E-state index in [4.69, 9.17) is 9.47 Å². The maximum Gasteiger partial charge on any atom is 0.258 e. The van der Waals surface area contributed by atoms with Gasteiger partial charge in [0, 0.05) is 19.1 Å². The summed E-state index contributed by atoms with van der Waals surface area (Å²) >= 11 is 0. The molecule has 0 heterocycles. The Morgan fingerprint density at radius 3 is 2.45 bits per heavy atom. The fraction of sp³-hybridized carbons (Fsp3) is 0.458. The van der Waals surface area contributed by atoms with Crippen molar-refractivity contribution in [1.82, 2.24) is 10.6 Å². The van der Waals surface area contributed by atoms with E-state index < -0.39 is 0 Å². The summed E-state index contributed by atoms with van der Waals surface area (Å²) < 4.78 is 11.5. The lowest BCUT2D eigenvalue weighted by Crippen LogP contribution is -2.39. The average molecular weight is 397 g/mol. The number of amides is 1. The molecule has 2 aromatic carbocycles. The summed E-state index contributed by atoms with van der Waals surface area (Å²) in [6.07, 6.45) is 5.80. The molecule has 5 nitrogen and oxygen atoms in total. The molecule has 0 radical (unpaired) electrons. The molecule has 1 aliphatic rings. The Morgan fingerprint density at radius 2 is 1.69 bits per heavy atom. The van der Waals surface area contributed by atoms with E-state index >= 15 is 0 Å². The van der Waals surface area contributed by atoms with Crippen LogP contribution in [0.1, 0.15) is 50.2 Å². The molecule has 5 heteroatoms. The summed E-state index contributed by atoms with van der Waals surface area (Å²) in [4.78, 5) is 12.2. The highest BCUT2D eigenvalue weighted by atomic mass is 16.5. The van der Waals surface area contributed by atoms with Crippen molar-refractivity contribution >= 4 is 5.91 Å². The first kappa shape index (κ1) is 21.2. The van der Waals surface area contributed by atoms with Crippen molar-refractivity contribution < 1.29 is 14.3 Å². The lowest BCUT2D eigenvalue weighted by molar-refractivity contribution is -0.124. The summed E-state index contributed by atoms with van der Waals surface area (Å²) in [6.45, 7) is 4.05. The van der Waals surface area contributed by atoms with Crippen molar-refractivity contribution in [2.75, 3.05) is 13.2 Å². The minimum absolute atomic E-state index is 0.0160. The molecule has 0 aliphatic heterocycles. The van der Waals surface area contributed by atoms with Crippen LogP contribution in [0.25, 0.3) is 0 Å². The predicted octanol–water partition coefficient (Wildman–Crippen LogP) is 4.20. The molecule has 0 spiro atoms. The third-order valence-electron chi connectivity index (χ3n) is 5.14. The van der Waals surface area contributed by atoms with Gasteiger partial charge in [0.15, 0.2) is 18.1 Å². The second kappa shape index (κ2) is 11.5. The highest BCUT2D eigenvalue weighted by Gasteiger charge is 2.16. The third kappa shape index (κ3) is 7.09. The van der Waals surface area contributed by atoms with E-state index in [1.165, 1.54) is 24.8 Å². The van der Waals surface area contributed by atoms with Gasteiger partial charge in [-0.25, -0.2) is 0 Å². The number of nitrogens with one attached hydrogen (secondary N) is 2. The van der Waals surface area contributed by atoms with Crippen LogP contribution < -0.4 is 20.1 Å². The van der Waals surface area contributed by atoms with Crippen LogP contribution in [0.4, 0.5) is 0 Å². The van der Waals surface area contributed by atoms with Crippen LogP contribution in [0.2, 0.25) is 0 Å². The van der Waals surface area contributed by atoms with E-state index in [0.717, 1.165) is 31.5 Å². The van der Waals surface area contributed by atoms with Crippen molar-refractivity contribution in [3.8, 4) is 11.5 Å². The fourth-order valence-corrected chi connectivity index (χ4v) is 3.66. The second-order valence-corrected chi connectivity index (χ2v) is 7.49. The van der Waals surface area contributed by atoms with Crippen LogP contribution in [-0.4, -0.2) is 25.2 Å². The van der Waals surface area contributed by atoms with Gasteiger partial charge in [0.2, 0.25) is 0 Å². The maximum atomic E-state index is 12.2. The summed E-state index contributed by atoms with van der Waals surface area (Å²) in [5, 5.41) is 6.52. The van der Waals surface area contributed by atoms with Gasteiger partial charge in [-0.2, -0.15) is 0 Å². The quantitative estimate of drug-likeness (QED) is 0.632. The van der Waals surface area contributed by atoms with E-state index in [1.54, 1.807) is 0 Å². The van der Waals surface area contributed by atoms with Gasteiger partial charge in [-0.1, -0.05) is 55.7 Å². The normalized spacial score (nSPS) is 14.4. The smallest absolute Gasteiger partial charge is 0.258 e. The molecule has 0 atom stereocenters. The van der Waals surface area contributed by atoms with Crippen LogP contribution >= 0.6 is 0 Å². The average Bonchev–Trinajstić information content (AvgIpc) is 2.75. The molecule has 3 rings (SSSR count). The first-order valence-electron chi connectivity index (χ1n) is 10.7. The van der Waals surface area contributed by atoms with Gasteiger partial charge >= 0.3 is 0 Å². The standard InChI is InChI=1S/C24H32N2O3/c1-2-28-23-15-20(17-25-16-19-9-5-3-6-10-19)13-14-22(23)29-18-24(27)26-21-11-7-4-8-12-21/h3,5-6,9-10,13-15,21,25H,2,4,7-8,11-12,16-18H2,1H3,(H,26,27). The first-order valence-corrected chi connectivity index (χ1v) is 10.7. The monoisotopic (exact) mass is 396 g/mol. The number of carbonyl (C=O) groups is 1. The number of hydrogen-bond donors (Lipinski definition) is 2. The largest absolute Gasteiger partial charge is 0.490 e. The van der Waals surface area contributed by atoms with Gasteiger partial charge in [0.25, 0.3) is 5.91 Å². The van der Waals surface area contributed by atoms with E-state index in [1.807, 2.05) is 43.3 Å². The van der Waals surface area contributed by atoms with E-state index in [-0.39, 0.29) is 12.5 Å². The molecule has 156 valence electrons. The molecule has 0 aromatic heterocycles. The second-order valence-electron chi connectivity index (χ2n) is 7.49. The molecule has 1 saturated carbocycles. The summed E-state index contributed by atoms with van der Waals surface area (Å²) in [5.74, 6) is 1.22. The molecule has 0 unspecified atom stereocenters. The number of rotatable bonds is 10. The number of carbonyl (C=O) groups excluding carboxylic acids is 1. The molecule has 2 N–H and O–H groups in total. The van der Waals surface area contributed by atoms with Crippen LogP contribution in [-0.2, 0) is 17.9 Å². The molecule has 2 aromatic rings. The molecular formula is C24H32N2O3. The molecular weight excluding hydrogens is 364 g/mol. The van der Waals surface area contributed by atoms with Gasteiger partial charge in [-0.05, 0) is 43.0 Å². The van der Waals surface area contributed by atoms with Crippen molar-refractivity contribution in [1.29, 1.82) is 0 Å². The fourth-order valence-electron chi connectivity index (χ4n) is 3.66. The summed E-state index contributed by atoms with van der Waals surface area (Å²) in [6, 6.07) is 16.5. The minimum Gasteiger partial charge on any atom is -0.490 e. The lowest BCUT2D eigenvalue weighted by atomic mass is 9.95. The van der Waals surface area contributed by atoms with Crippen molar-refractivity contribution in [3.63, 3.8) is 0 Å². The highest BCUT2D eigenvalue weighted by molar-refractivity contribution is 5.78. The summed E-state index contributed by atoms with van der Waals surface area (Å²) in [7, 11) is 0. The predicted molar refractivity (Wildman–Crippen MR) is 115 cm³/mol. The van der Waals surface area contributed by atoms with E-state index in [2.05, 4.69) is 22.8 Å². The molecule has 0 saturated heterocycles. The molecule has 1 amide bonds. The Labute approximate surface area is 173 Å². The van der Waals surface area contributed by atoms with Crippen LogP contribution in [0.5, 0.6) is 11.5 Å². The maximum absolute atomic E-state index is 12.2. The lowest BCUT2D eigenvalue weighted by Gasteiger charge is -2.22. The highest BCUT2D eigenvalue weighted by Crippen LogP contribution is 2.28. The van der Waals surface area contributed by atoms with Crippen molar-refractivity contribution in [2.24, 2.45) is 0 Å². The Hall–Kier alpha value is -2.53. The molecule has 29 heavy (non-hydrogen) atoms. The first-order chi connectivity index (χ1) is 14.2. The van der Waals surface area contributed by atoms with Gasteiger partial charge in [0.05, 0.1) is 6.61 Å². The number of hydrogen-bond acceptors (Lipinski definition) is 4. The third-order valence-corrected chi connectivity index (χ3v) is 5.14. The zero-order valence-corrected chi connectivity index (χ0v) is 17.3. The zero-order valence-electron chi connectivity index (χ0n) is 17.3.